The van der Waals surface area contributed by atoms with Crippen molar-refractivity contribution in [2.75, 3.05) is 0 Å². The van der Waals surface area contributed by atoms with Crippen molar-refractivity contribution in [2.24, 2.45) is 0 Å². The molecule has 0 aliphatic rings. The average molecular weight is 409 g/mol. The fourth-order valence-corrected chi connectivity index (χ4v) is 3.39. The number of aliphatic hydroxyl groups excluding tert-OH is 1. The maximum atomic E-state index is 10.6. The number of nitrogens with zero attached hydrogens (tertiary/aromatic N) is 2. The zero-order chi connectivity index (χ0) is 14.2. The number of rotatable bonds is 3. The Morgan fingerprint density at radius 3 is 2.58 bits per heavy atom. The molecule has 0 radical (unpaired) electrons. The molecular weight excluding hydrogens is 395 g/mol. The Kier molecular flexibility index (Phi) is 4.71. The fraction of sp³-hybridized carbons (Fsp3) is 0.308. The van der Waals surface area contributed by atoms with E-state index in [1.165, 1.54) is 0 Å². The minimum atomic E-state index is -0.820. The highest BCUT2D eigenvalue weighted by Crippen LogP contribution is 2.34. The van der Waals surface area contributed by atoms with E-state index >= 15 is 0 Å². The largest absolute Gasteiger partial charge is 0.382 e. The van der Waals surface area contributed by atoms with Gasteiger partial charge in [0.1, 0.15) is 6.10 Å². The van der Waals surface area contributed by atoms with E-state index in [-0.39, 0.29) is 6.04 Å². The van der Waals surface area contributed by atoms with E-state index in [0.717, 1.165) is 14.5 Å². The highest BCUT2D eigenvalue weighted by Gasteiger charge is 2.22. The predicted molar refractivity (Wildman–Crippen MR) is 83.5 cm³/mol. The summed E-state index contributed by atoms with van der Waals surface area (Å²) in [6.07, 6.45) is 0.743. The van der Waals surface area contributed by atoms with E-state index in [1.807, 2.05) is 32.0 Å². The third-order valence-electron chi connectivity index (χ3n) is 2.79. The average Bonchev–Trinajstić information content (AvgIpc) is 2.70. The highest BCUT2D eigenvalue weighted by molar-refractivity contribution is 9.11. The molecule has 0 aliphatic heterocycles. The van der Waals surface area contributed by atoms with Gasteiger partial charge in [0.25, 0.3) is 0 Å². The minimum absolute atomic E-state index is 0.131. The highest BCUT2D eigenvalue weighted by atomic mass is 79.9. The van der Waals surface area contributed by atoms with Crippen LogP contribution in [0.15, 0.2) is 33.3 Å². The van der Waals surface area contributed by atoms with Gasteiger partial charge in [-0.15, -0.1) is 0 Å². The van der Waals surface area contributed by atoms with Gasteiger partial charge in [-0.05, 0) is 26.0 Å². The summed E-state index contributed by atoms with van der Waals surface area (Å²) in [7, 11) is 0. The molecular formula is C13H13Br2ClN2O. The second-order valence-electron chi connectivity index (χ2n) is 4.48. The molecule has 0 amide bonds. The zero-order valence-corrected chi connectivity index (χ0v) is 14.4. The smallest absolute Gasteiger partial charge is 0.123 e. The van der Waals surface area contributed by atoms with Crippen LogP contribution in [0.4, 0.5) is 0 Å². The minimum Gasteiger partial charge on any atom is -0.382 e. The molecule has 2 rings (SSSR count). The number of halogens is 3. The Morgan fingerprint density at radius 2 is 2.00 bits per heavy atom. The normalized spacial score (nSPS) is 13.0. The first-order valence-electron chi connectivity index (χ1n) is 5.77. The quantitative estimate of drug-likeness (QED) is 0.798. The van der Waals surface area contributed by atoms with Gasteiger partial charge in [-0.3, -0.25) is 4.68 Å². The van der Waals surface area contributed by atoms with E-state index in [2.05, 4.69) is 37.0 Å². The molecule has 0 aliphatic carbocycles. The van der Waals surface area contributed by atoms with E-state index in [9.17, 15) is 5.11 Å². The summed E-state index contributed by atoms with van der Waals surface area (Å²) in [5.74, 6) is 0. The number of aliphatic hydroxyl groups is 1. The topological polar surface area (TPSA) is 38.0 Å². The third-order valence-corrected chi connectivity index (χ3v) is 4.26. The van der Waals surface area contributed by atoms with Crippen LogP contribution in [0.3, 0.4) is 0 Å². The van der Waals surface area contributed by atoms with Gasteiger partial charge < -0.3 is 5.11 Å². The van der Waals surface area contributed by atoms with Gasteiger partial charge in [0.15, 0.2) is 0 Å². The van der Waals surface area contributed by atoms with Crippen molar-refractivity contribution in [3.63, 3.8) is 0 Å². The molecule has 1 heterocycles. The number of hydrogen-bond acceptors (Lipinski definition) is 2. The molecule has 0 fully saturated rings. The summed E-state index contributed by atoms with van der Waals surface area (Å²) < 4.78 is 3.50. The van der Waals surface area contributed by atoms with Crippen LogP contribution in [0.5, 0.6) is 0 Å². The van der Waals surface area contributed by atoms with Crippen LogP contribution in [0.1, 0.15) is 37.3 Å². The van der Waals surface area contributed by atoms with Crippen molar-refractivity contribution in [1.82, 2.24) is 9.78 Å². The molecule has 19 heavy (non-hydrogen) atoms. The lowest BCUT2D eigenvalue weighted by Crippen LogP contribution is -2.13. The molecule has 0 spiro atoms. The number of benzene rings is 1. The predicted octanol–water partition coefficient (Wildman–Crippen LogP) is 4.72. The lowest BCUT2D eigenvalue weighted by atomic mass is 10.1. The Labute approximate surface area is 133 Å². The first-order chi connectivity index (χ1) is 8.91. The summed E-state index contributed by atoms with van der Waals surface area (Å²) in [6.45, 7) is 3.99. The van der Waals surface area contributed by atoms with Crippen molar-refractivity contribution >= 4 is 43.5 Å². The Bertz CT molecular complexity index is 598. The molecule has 0 saturated carbocycles. The molecule has 3 nitrogen and oxygen atoms in total. The zero-order valence-electron chi connectivity index (χ0n) is 10.4. The molecule has 0 saturated heterocycles. The first-order valence-corrected chi connectivity index (χ1v) is 7.74. The van der Waals surface area contributed by atoms with Gasteiger partial charge in [-0.2, -0.15) is 5.10 Å². The molecule has 1 unspecified atom stereocenters. The molecule has 1 N–H and O–H groups in total. The number of hydrogen-bond donors (Lipinski definition) is 1. The fourth-order valence-electron chi connectivity index (χ4n) is 1.89. The van der Waals surface area contributed by atoms with Crippen LogP contribution in [0, 0.1) is 0 Å². The SMILES string of the molecule is CC(C)n1ncc(Cl)c1C(O)c1ccc(Br)cc1Br. The van der Waals surface area contributed by atoms with Crippen molar-refractivity contribution in [3.05, 3.63) is 49.6 Å². The Morgan fingerprint density at radius 1 is 1.32 bits per heavy atom. The van der Waals surface area contributed by atoms with Crippen LogP contribution in [0.25, 0.3) is 0 Å². The van der Waals surface area contributed by atoms with Gasteiger partial charge in [0, 0.05) is 20.6 Å². The van der Waals surface area contributed by atoms with Gasteiger partial charge in [-0.1, -0.05) is 49.5 Å². The first kappa shape index (κ1) is 15.0. The van der Waals surface area contributed by atoms with Crippen LogP contribution in [-0.2, 0) is 0 Å². The second kappa shape index (κ2) is 5.95. The Hall–Kier alpha value is -0.360. The molecule has 0 bridgehead atoms. The van der Waals surface area contributed by atoms with E-state index in [0.29, 0.717) is 10.7 Å². The number of aromatic nitrogens is 2. The molecule has 1 aromatic carbocycles. The Balaban J connectivity index is 2.49. The molecule has 1 aromatic heterocycles. The standard InChI is InChI=1S/C13H13Br2ClN2O/c1-7(2)18-12(11(16)6-17-18)13(19)9-4-3-8(14)5-10(9)15/h3-7,13,19H,1-2H3. The lowest BCUT2D eigenvalue weighted by molar-refractivity contribution is 0.204. The van der Waals surface area contributed by atoms with Crippen LogP contribution in [-0.4, -0.2) is 14.9 Å². The molecule has 1 atom stereocenters. The molecule has 102 valence electrons. The van der Waals surface area contributed by atoms with Gasteiger partial charge >= 0.3 is 0 Å². The van der Waals surface area contributed by atoms with Crippen molar-refractivity contribution < 1.29 is 5.11 Å². The van der Waals surface area contributed by atoms with Crippen molar-refractivity contribution in [2.45, 2.75) is 26.0 Å². The summed E-state index contributed by atoms with van der Waals surface area (Å²) in [4.78, 5) is 0. The van der Waals surface area contributed by atoms with Crippen LogP contribution in [0.2, 0.25) is 5.02 Å². The van der Waals surface area contributed by atoms with Gasteiger partial charge in [0.05, 0.1) is 16.9 Å². The summed E-state index contributed by atoms with van der Waals surface area (Å²) in [6, 6.07) is 5.76. The second-order valence-corrected chi connectivity index (χ2v) is 6.66. The van der Waals surface area contributed by atoms with Crippen LogP contribution < -0.4 is 0 Å². The molecule has 6 heteroatoms. The van der Waals surface area contributed by atoms with Crippen molar-refractivity contribution in [3.8, 4) is 0 Å². The third kappa shape index (κ3) is 3.05. The summed E-state index contributed by atoms with van der Waals surface area (Å²) >= 11 is 13.0. The summed E-state index contributed by atoms with van der Waals surface area (Å²) in [5.41, 5.74) is 1.37. The van der Waals surface area contributed by atoms with E-state index in [1.54, 1.807) is 10.9 Å². The molecule has 2 aromatic rings. The monoisotopic (exact) mass is 406 g/mol. The maximum absolute atomic E-state index is 10.6. The lowest BCUT2D eigenvalue weighted by Gasteiger charge is -2.18. The van der Waals surface area contributed by atoms with E-state index < -0.39 is 6.10 Å². The maximum Gasteiger partial charge on any atom is 0.123 e. The van der Waals surface area contributed by atoms with Crippen LogP contribution >= 0.6 is 43.5 Å². The van der Waals surface area contributed by atoms with Gasteiger partial charge in [-0.25, -0.2) is 0 Å². The van der Waals surface area contributed by atoms with Gasteiger partial charge in [0.2, 0.25) is 0 Å². The van der Waals surface area contributed by atoms with Crippen molar-refractivity contribution in [1.29, 1.82) is 0 Å². The summed E-state index contributed by atoms with van der Waals surface area (Å²) in [5, 5.41) is 15.3. The van der Waals surface area contributed by atoms with E-state index in [4.69, 9.17) is 11.6 Å².